The van der Waals surface area contributed by atoms with E-state index in [4.69, 9.17) is 10.9 Å². The molecule has 82 valence electrons. The van der Waals surface area contributed by atoms with Gasteiger partial charge in [-0.3, -0.25) is 0 Å². The van der Waals surface area contributed by atoms with Gasteiger partial charge in [-0.1, -0.05) is 6.07 Å². The number of H-pyrrole nitrogens is 1. The van der Waals surface area contributed by atoms with E-state index in [1.54, 1.807) is 18.2 Å². The third-order valence-electron chi connectivity index (χ3n) is 1.76. The number of nitrogens with zero attached hydrogens (tertiary/aromatic N) is 5. The van der Waals surface area contributed by atoms with E-state index in [2.05, 4.69) is 25.5 Å². The molecule has 0 bridgehead atoms. The Morgan fingerprint density at radius 2 is 2.19 bits per heavy atom. The molecule has 2 aromatic heterocycles. The normalized spacial score (nSPS) is 9.75. The topological polar surface area (TPSA) is 119 Å². The molecule has 0 radical (unpaired) electrons. The second kappa shape index (κ2) is 4.26. The highest BCUT2D eigenvalue weighted by Gasteiger charge is 1.99. The second-order valence-corrected chi connectivity index (χ2v) is 2.84. The van der Waals surface area contributed by atoms with Gasteiger partial charge in [0, 0.05) is 0 Å². The summed E-state index contributed by atoms with van der Waals surface area (Å²) in [5.74, 6) is 5.18. The number of nitrogens with two attached hydrogens (primary N) is 1. The zero-order valence-corrected chi connectivity index (χ0v) is 8.15. The number of aromatic hydroxyl groups is 1. The predicted octanol–water partition coefficient (Wildman–Crippen LogP) is -0.345. The van der Waals surface area contributed by atoms with Crippen molar-refractivity contribution in [3.8, 4) is 5.75 Å². The van der Waals surface area contributed by atoms with Crippen molar-refractivity contribution in [1.82, 2.24) is 30.3 Å². The van der Waals surface area contributed by atoms with E-state index >= 15 is 0 Å². The monoisotopic (exact) mass is 219 g/mol. The number of aromatic nitrogens is 6. The smallest absolute Gasteiger partial charge is 0.154 e. The van der Waals surface area contributed by atoms with Crippen LogP contribution in [-0.4, -0.2) is 35.4 Å². The number of phenols is 1. The first kappa shape index (κ1) is 9.90. The van der Waals surface area contributed by atoms with Crippen molar-refractivity contribution in [3.05, 3.63) is 30.9 Å². The van der Waals surface area contributed by atoms with Crippen LogP contribution in [0.3, 0.4) is 0 Å². The molecular weight excluding hydrogens is 210 g/mol. The molecule has 8 heteroatoms. The fraction of sp³-hybridized carbons (Fsp3) is 0. The van der Waals surface area contributed by atoms with Gasteiger partial charge in [0.1, 0.15) is 23.9 Å². The minimum atomic E-state index is 0.159. The Kier molecular flexibility index (Phi) is 2.63. The van der Waals surface area contributed by atoms with Crippen LogP contribution in [0.4, 0.5) is 0 Å². The molecule has 0 aliphatic rings. The highest BCUT2D eigenvalue weighted by Crippen LogP contribution is 2.18. The fourth-order valence-corrected chi connectivity index (χ4v) is 1.07. The summed E-state index contributed by atoms with van der Waals surface area (Å²) in [7, 11) is 0. The van der Waals surface area contributed by atoms with Gasteiger partial charge in [0.25, 0.3) is 0 Å². The lowest BCUT2D eigenvalue weighted by molar-refractivity contribution is 0.480. The van der Waals surface area contributed by atoms with E-state index in [1.165, 1.54) is 12.7 Å². The van der Waals surface area contributed by atoms with Crippen molar-refractivity contribution >= 4 is 11.0 Å². The number of nitrogen functional groups attached to an aromatic ring is 1. The molecule has 0 unspecified atom stereocenters. The van der Waals surface area contributed by atoms with Crippen molar-refractivity contribution < 1.29 is 5.11 Å². The van der Waals surface area contributed by atoms with E-state index in [9.17, 15) is 0 Å². The van der Waals surface area contributed by atoms with Crippen molar-refractivity contribution in [3.63, 3.8) is 0 Å². The van der Waals surface area contributed by atoms with Gasteiger partial charge >= 0.3 is 0 Å². The number of phenolic OH excluding ortho intramolecular Hbond substituents is 1. The highest BCUT2D eigenvalue weighted by molar-refractivity contribution is 5.79. The summed E-state index contributed by atoms with van der Waals surface area (Å²) in [4.78, 5) is 4.69. The first-order chi connectivity index (χ1) is 7.77. The molecule has 3 aromatic rings. The number of hydrogen-bond donors (Lipinski definition) is 3. The summed E-state index contributed by atoms with van der Waals surface area (Å²) < 4.78 is 0. The average Bonchev–Trinajstić information content (AvgIpc) is 2.90. The zero-order valence-electron chi connectivity index (χ0n) is 8.15. The molecule has 0 aliphatic heterocycles. The summed E-state index contributed by atoms with van der Waals surface area (Å²) in [5, 5.41) is 22.6. The Hall–Kier alpha value is -2.64. The van der Waals surface area contributed by atoms with Crippen LogP contribution >= 0.6 is 0 Å². The number of fused-ring (bicyclic) bond motifs is 1. The Bertz CT molecular complexity index is 559. The van der Waals surface area contributed by atoms with Crippen LogP contribution in [0.15, 0.2) is 30.9 Å². The molecule has 1 aromatic carbocycles. The predicted molar refractivity (Wildman–Crippen MR) is 55.7 cm³/mol. The number of nitrogens with one attached hydrogen (secondary N) is 1. The quantitative estimate of drug-likeness (QED) is 0.445. The fourth-order valence-electron chi connectivity index (χ4n) is 1.07. The van der Waals surface area contributed by atoms with E-state index in [0.29, 0.717) is 11.0 Å². The number of aromatic amines is 1. The molecule has 16 heavy (non-hydrogen) atoms. The third kappa shape index (κ3) is 2.05. The van der Waals surface area contributed by atoms with Crippen molar-refractivity contribution in [1.29, 1.82) is 0 Å². The Labute approximate surface area is 89.7 Å². The summed E-state index contributed by atoms with van der Waals surface area (Å²) >= 11 is 0. The van der Waals surface area contributed by atoms with Crippen molar-refractivity contribution in [2.75, 3.05) is 5.84 Å². The van der Waals surface area contributed by atoms with E-state index in [-0.39, 0.29) is 5.75 Å². The molecule has 0 amide bonds. The summed E-state index contributed by atoms with van der Waals surface area (Å²) in [6, 6.07) is 5.07. The second-order valence-electron chi connectivity index (χ2n) is 2.84. The van der Waals surface area contributed by atoms with Gasteiger partial charge in [-0.2, -0.15) is 20.2 Å². The number of benzene rings is 1. The lowest BCUT2D eigenvalue weighted by atomic mass is 10.3. The molecule has 0 fully saturated rings. The van der Waals surface area contributed by atoms with E-state index < -0.39 is 0 Å². The van der Waals surface area contributed by atoms with E-state index in [0.717, 1.165) is 4.79 Å². The van der Waals surface area contributed by atoms with Crippen LogP contribution in [0.25, 0.3) is 11.0 Å². The van der Waals surface area contributed by atoms with Gasteiger partial charge in [0.2, 0.25) is 0 Å². The van der Waals surface area contributed by atoms with Crippen LogP contribution in [0.1, 0.15) is 0 Å². The number of hydrogen-bond acceptors (Lipinski definition) is 6. The molecule has 3 rings (SSSR count). The van der Waals surface area contributed by atoms with Gasteiger partial charge in [-0.25, -0.2) is 4.98 Å². The molecular formula is C8H9N7O. The Morgan fingerprint density at radius 3 is 2.75 bits per heavy atom. The van der Waals surface area contributed by atoms with Crippen LogP contribution in [0.5, 0.6) is 5.75 Å². The van der Waals surface area contributed by atoms with Crippen molar-refractivity contribution in [2.24, 2.45) is 0 Å². The van der Waals surface area contributed by atoms with Crippen LogP contribution in [0, 0.1) is 0 Å². The summed E-state index contributed by atoms with van der Waals surface area (Å²) in [6.45, 7) is 0. The first-order valence-corrected chi connectivity index (χ1v) is 4.35. The number of rotatable bonds is 0. The van der Waals surface area contributed by atoms with Crippen molar-refractivity contribution in [2.45, 2.75) is 0 Å². The third-order valence-corrected chi connectivity index (χ3v) is 1.76. The molecule has 0 aliphatic carbocycles. The van der Waals surface area contributed by atoms with E-state index in [1.807, 2.05) is 0 Å². The van der Waals surface area contributed by atoms with Crippen LogP contribution < -0.4 is 5.84 Å². The molecule has 8 nitrogen and oxygen atoms in total. The minimum absolute atomic E-state index is 0.159. The number of para-hydroxylation sites is 1. The van der Waals surface area contributed by atoms with Crippen LogP contribution in [0.2, 0.25) is 0 Å². The van der Waals surface area contributed by atoms with Gasteiger partial charge < -0.3 is 10.9 Å². The Balaban J connectivity index is 0.000000138. The molecule has 0 atom stereocenters. The van der Waals surface area contributed by atoms with Crippen LogP contribution in [-0.2, 0) is 0 Å². The molecule has 0 spiro atoms. The minimum Gasteiger partial charge on any atom is -0.506 e. The summed E-state index contributed by atoms with van der Waals surface area (Å²) in [5.41, 5.74) is 1.20. The van der Waals surface area contributed by atoms with Gasteiger partial charge in [-0.05, 0) is 12.1 Å². The van der Waals surface area contributed by atoms with Gasteiger partial charge in [0.05, 0.1) is 0 Å². The maximum atomic E-state index is 9.14. The lowest BCUT2D eigenvalue weighted by Crippen LogP contribution is -2.06. The molecule has 2 heterocycles. The SMILES string of the molecule is Nn1cncn1.Oc1cccc2n[nH]nc12. The zero-order chi connectivity index (χ0) is 11.4. The van der Waals surface area contributed by atoms with Gasteiger partial charge in [-0.15, -0.1) is 5.10 Å². The maximum Gasteiger partial charge on any atom is 0.154 e. The summed E-state index contributed by atoms with van der Waals surface area (Å²) in [6.07, 6.45) is 2.79. The molecule has 0 saturated carbocycles. The largest absolute Gasteiger partial charge is 0.506 e. The molecule has 0 saturated heterocycles. The maximum absolute atomic E-state index is 9.14. The molecule has 4 N–H and O–H groups in total. The first-order valence-electron chi connectivity index (χ1n) is 4.35. The van der Waals surface area contributed by atoms with Gasteiger partial charge in [0.15, 0.2) is 5.52 Å². The lowest BCUT2D eigenvalue weighted by Gasteiger charge is -1.87. The highest BCUT2D eigenvalue weighted by atomic mass is 16.3. The Morgan fingerprint density at radius 1 is 1.31 bits per heavy atom. The average molecular weight is 219 g/mol. The standard InChI is InChI=1S/C6H5N3O.C2H4N4/c10-5-3-1-2-4-6(5)8-9-7-4;3-6-2-4-1-5-6/h1-3,10H,(H,7,8,9);1-2H,3H2.